The molecule has 2 amide bonds. The van der Waals surface area contributed by atoms with Crippen LogP contribution in [0, 0.1) is 18.8 Å². The summed E-state index contributed by atoms with van der Waals surface area (Å²) in [7, 11) is 0. The highest BCUT2D eigenvalue weighted by atomic mass is 16.2. The van der Waals surface area contributed by atoms with Crippen molar-refractivity contribution in [3.63, 3.8) is 0 Å². The van der Waals surface area contributed by atoms with Crippen molar-refractivity contribution in [1.82, 2.24) is 10.2 Å². The SMILES string of the molecule is Cc1cccc(CNC(=O)C2CC2C(=O)N2CCc3ccccc3C2)c1. The Morgan fingerprint density at radius 3 is 2.69 bits per heavy atom. The molecular weight excluding hydrogens is 324 g/mol. The van der Waals surface area contributed by atoms with Crippen LogP contribution in [0.15, 0.2) is 48.5 Å². The molecule has 134 valence electrons. The van der Waals surface area contributed by atoms with Crippen molar-refractivity contribution in [2.45, 2.75) is 32.9 Å². The highest BCUT2D eigenvalue weighted by Gasteiger charge is 2.49. The monoisotopic (exact) mass is 348 g/mol. The molecule has 1 heterocycles. The van der Waals surface area contributed by atoms with Crippen LogP contribution in [-0.4, -0.2) is 23.3 Å². The number of aryl methyl sites for hydroxylation is 1. The van der Waals surface area contributed by atoms with Gasteiger partial charge in [0.2, 0.25) is 11.8 Å². The summed E-state index contributed by atoms with van der Waals surface area (Å²) in [6, 6.07) is 16.4. The van der Waals surface area contributed by atoms with E-state index in [9.17, 15) is 9.59 Å². The lowest BCUT2D eigenvalue weighted by atomic mass is 9.99. The fourth-order valence-electron chi connectivity index (χ4n) is 3.82. The molecule has 1 aliphatic carbocycles. The normalized spacial score (nSPS) is 21.0. The van der Waals surface area contributed by atoms with Crippen LogP contribution in [0.5, 0.6) is 0 Å². The molecule has 4 rings (SSSR count). The van der Waals surface area contributed by atoms with Crippen LogP contribution in [0.4, 0.5) is 0 Å². The minimum absolute atomic E-state index is 0.00210. The topological polar surface area (TPSA) is 49.4 Å². The van der Waals surface area contributed by atoms with Crippen molar-refractivity contribution >= 4 is 11.8 Å². The minimum atomic E-state index is -0.163. The van der Waals surface area contributed by atoms with Gasteiger partial charge in [-0.3, -0.25) is 9.59 Å². The minimum Gasteiger partial charge on any atom is -0.352 e. The second-order valence-electron chi connectivity index (χ2n) is 7.43. The lowest BCUT2D eigenvalue weighted by Crippen LogP contribution is -2.38. The maximum absolute atomic E-state index is 12.7. The van der Waals surface area contributed by atoms with Crippen molar-refractivity contribution in [2.24, 2.45) is 11.8 Å². The maximum Gasteiger partial charge on any atom is 0.226 e. The Balaban J connectivity index is 1.30. The molecular formula is C22H24N2O2. The summed E-state index contributed by atoms with van der Waals surface area (Å²) in [6.45, 7) is 3.99. The predicted octanol–water partition coefficient (Wildman–Crippen LogP) is 2.83. The number of rotatable bonds is 4. The Morgan fingerprint density at radius 1 is 1.08 bits per heavy atom. The molecule has 1 fully saturated rings. The van der Waals surface area contributed by atoms with E-state index in [1.54, 1.807) is 0 Å². The van der Waals surface area contributed by atoms with Crippen molar-refractivity contribution in [1.29, 1.82) is 0 Å². The van der Waals surface area contributed by atoms with Crippen LogP contribution in [0.1, 0.15) is 28.7 Å². The summed E-state index contributed by atoms with van der Waals surface area (Å²) >= 11 is 0. The third-order valence-corrected chi connectivity index (χ3v) is 5.44. The molecule has 4 nitrogen and oxygen atoms in total. The standard InChI is InChI=1S/C22H24N2O2/c1-15-5-4-6-16(11-15)13-23-21(25)19-12-20(19)22(26)24-10-9-17-7-2-3-8-18(17)14-24/h2-8,11,19-20H,9-10,12-14H2,1H3,(H,23,25). The molecule has 2 aliphatic rings. The zero-order valence-electron chi connectivity index (χ0n) is 15.1. The van der Waals surface area contributed by atoms with Gasteiger partial charge in [0, 0.05) is 19.6 Å². The van der Waals surface area contributed by atoms with Crippen LogP contribution in [-0.2, 0) is 29.1 Å². The van der Waals surface area contributed by atoms with E-state index >= 15 is 0 Å². The van der Waals surface area contributed by atoms with E-state index in [2.05, 4.69) is 23.5 Å². The highest BCUT2D eigenvalue weighted by Crippen LogP contribution is 2.41. The van der Waals surface area contributed by atoms with Gasteiger partial charge < -0.3 is 10.2 Å². The summed E-state index contributed by atoms with van der Waals surface area (Å²) in [4.78, 5) is 27.0. The van der Waals surface area contributed by atoms with Gasteiger partial charge in [-0.15, -0.1) is 0 Å². The number of benzene rings is 2. The van der Waals surface area contributed by atoms with E-state index in [0.717, 1.165) is 18.5 Å². The Morgan fingerprint density at radius 2 is 1.88 bits per heavy atom. The van der Waals surface area contributed by atoms with Gasteiger partial charge in [0.05, 0.1) is 11.8 Å². The molecule has 26 heavy (non-hydrogen) atoms. The van der Waals surface area contributed by atoms with E-state index in [1.165, 1.54) is 16.7 Å². The first-order chi connectivity index (χ1) is 12.6. The van der Waals surface area contributed by atoms with Gasteiger partial charge in [-0.05, 0) is 36.5 Å². The van der Waals surface area contributed by atoms with Gasteiger partial charge >= 0.3 is 0 Å². The van der Waals surface area contributed by atoms with Crippen LogP contribution in [0.2, 0.25) is 0 Å². The van der Waals surface area contributed by atoms with E-state index in [0.29, 0.717) is 19.5 Å². The van der Waals surface area contributed by atoms with E-state index in [-0.39, 0.29) is 23.7 Å². The largest absolute Gasteiger partial charge is 0.352 e. The second kappa shape index (κ2) is 6.94. The van der Waals surface area contributed by atoms with Gasteiger partial charge in [-0.1, -0.05) is 54.1 Å². The molecule has 0 spiro atoms. The van der Waals surface area contributed by atoms with Crippen LogP contribution >= 0.6 is 0 Å². The first-order valence-electron chi connectivity index (χ1n) is 9.30. The first kappa shape index (κ1) is 16.8. The first-order valence-corrected chi connectivity index (χ1v) is 9.30. The van der Waals surface area contributed by atoms with Gasteiger partial charge in [0.25, 0.3) is 0 Å². The lowest BCUT2D eigenvalue weighted by Gasteiger charge is -2.29. The number of nitrogens with zero attached hydrogens (tertiary/aromatic N) is 1. The van der Waals surface area contributed by atoms with E-state index in [1.807, 2.05) is 42.2 Å². The Kier molecular flexibility index (Phi) is 4.49. The average molecular weight is 348 g/mol. The summed E-state index contributed by atoms with van der Waals surface area (Å²) in [5, 5.41) is 2.98. The smallest absolute Gasteiger partial charge is 0.226 e. The molecule has 2 atom stereocenters. The third-order valence-electron chi connectivity index (χ3n) is 5.44. The van der Waals surface area contributed by atoms with Crippen molar-refractivity contribution in [2.75, 3.05) is 6.54 Å². The third kappa shape index (κ3) is 3.50. The molecule has 2 unspecified atom stereocenters. The van der Waals surface area contributed by atoms with Crippen LogP contribution < -0.4 is 5.32 Å². The Hall–Kier alpha value is -2.62. The fraction of sp³-hybridized carbons (Fsp3) is 0.364. The molecule has 0 radical (unpaired) electrons. The number of fused-ring (bicyclic) bond motifs is 1. The molecule has 0 saturated heterocycles. The molecule has 0 bridgehead atoms. The van der Waals surface area contributed by atoms with E-state index < -0.39 is 0 Å². The molecule has 4 heteroatoms. The average Bonchev–Trinajstić information content (AvgIpc) is 3.46. The number of carbonyl (C=O) groups is 2. The molecule has 2 aromatic rings. The fourth-order valence-corrected chi connectivity index (χ4v) is 3.82. The quantitative estimate of drug-likeness (QED) is 0.924. The summed E-state index contributed by atoms with van der Waals surface area (Å²) in [5.41, 5.74) is 4.84. The summed E-state index contributed by atoms with van der Waals surface area (Å²) in [6.07, 6.45) is 1.58. The van der Waals surface area contributed by atoms with Crippen LogP contribution in [0.3, 0.4) is 0 Å². The van der Waals surface area contributed by atoms with Gasteiger partial charge in [0.15, 0.2) is 0 Å². The highest BCUT2D eigenvalue weighted by molar-refractivity contribution is 5.92. The molecule has 1 N–H and O–H groups in total. The number of hydrogen-bond donors (Lipinski definition) is 1. The molecule has 2 aromatic carbocycles. The van der Waals surface area contributed by atoms with Crippen LogP contribution in [0.25, 0.3) is 0 Å². The predicted molar refractivity (Wildman–Crippen MR) is 100 cm³/mol. The Labute approximate surface area is 154 Å². The number of hydrogen-bond acceptors (Lipinski definition) is 2. The van der Waals surface area contributed by atoms with Gasteiger partial charge in [-0.25, -0.2) is 0 Å². The Bertz CT molecular complexity index is 846. The molecule has 1 aliphatic heterocycles. The van der Waals surface area contributed by atoms with Crippen molar-refractivity contribution in [3.8, 4) is 0 Å². The molecule has 1 saturated carbocycles. The summed E-state index contributed by atoms with van der Waals surface area (Å²) in [5.74, 6) is -0.167. The lowest BCUT2D eigenvalue weighted by molar-refractivity contribution is -0.135. The number of nitrogens with one attached hydrogen (secondary N) is 1. The van der Waals surface area contributed by atoms with Gasteiger partial charge in [0.1, 0.15) is 0 Å². The number of amides is 2. The zero-order chi connectivity index (χ0) is 18.1. The zero-order valence-corrected chi connectivity index (χ0v) is 15.1. The van der Waals surface area contributed by atoms with E-state index in [4.69, 9.17) is 0 Å². The van der Waals surface area contributed by atoms with Crippen molar-refractivity contribution in [3.05, 3.63) is 70.8 Å². The van der Waals surface area contributed by atoms with Gasteiger partial charge in [-0.2, -0.15) is 0 Å². The maximum atomic E-state index is 12.7. The summed E-state index contributed by atoms with van der Waals surface area (Å²) < 4.78 is 0. The second-order valence-corrected chi connectivity index (χ2v) is 7.43. The number of carbonyl (C=O) groups excluding carboxylic acids is 2. The molecule has 0 aromatic heterocycles. The van der Waals surface area contributed by atoms with Crippen molar-refractivity contribution < 1.29 is 9.59 Å².